The lowest BCUT2D eigenvalue weighted by atomic mass is 10.3. The number of ether oxygens (including phenoxy) is 1. The van der Waals surface area contributed by atoms with Crippen molar-refractivity contribution in [3.05, 3.63) is 10.6 Å². The standard InChI is InChI=1S/C8H6Cl2N4O/c9-6-12-7(10)14-8(13-6)15-3-5-1-4(5)2-11/h4-5H,1,3H2/t4-,5?/m1/s1. The molecule has 0 bridgehead atoms. The van der Waals surface area contributed by atoms with Crippen LogP contribution in [0.25, 0.3) is 0 Å². The lowest BCUT2D eigenvalue weighted by Gasteiger charge is -2.02. The molecule has 5 nitrogen and oxygen atoms in total. The molecule has 0 aromatic carbocycles. The van der Waals surface area contributed by atoms with Crippen molar-refractivity contribution in [2.75, 3.05) is 6.61 Å². The highest BCUT2D eigenvalue weighted by Gasteiger charge is 2.38. The number of halogens is 2. The zero-order valence-corrected chi connectivity index (χ0v) is 9.03. The van der Waals surface area contributed by atoms with Crippen LogP contribution in [0.5, 0.6) is 6.01 Å². The number of aromatic nitrogens is 3. The fourth-order valence-electron chi connectivity index (χ4n) is 1.15. The molecule has 7 heteroatoms. The van der Waals surface area contributed by atoms with Gasteiger partial charge in [0.1, 0.15) is 0 Å². The second-order valence-electron chi connectivity index (χ2n) is 3.20. The van der Waals surface area contributed by atoms with Crippen LogP contribution in [-0.4, -0.2) is 21.6 Å². The zero-order chi connectivity index (χ0) is 10.8. The van der Waals surface area contributed by atoms with Gasteiger partial charge in [0.15, 0.2) is 0 Å². The summed E-state index contributed by atoms with van der Waals surface area (Å²) in [6, 6.07) is 2.26. The molecule has 15 heavy (non-hydrogen) atoms. The molecular formula is C8H6Cl2N4O. The third-order valence-corrected chi connectivity index (χ3v) is 2.41. The minimum atomic E-state index is -0.00219. The zero-order valence-electron chi connectivity index (χ0n) is 7.52. The summed E-state index contributed by atoms with van der Waals surface area (Å²) >= 11 is 11.1. The summed E-state index contributed by atoms with van der Waals surface area (Å²) in [7, 11) is 0. The van der Waals surface area contributed by atoms with Crippen LogP contribution in [0.15, 0.2) is 0 Å². The van der Waals surface area contributed by atoms with Crippen LogP contribution in [0.2, 0.25) is 10.6 Å². The quantitative estimate of drug-likeness (QED) is 0.810. The van der Waals surface area contributed by atoms with E-state index in [-0.39, 0.29) is 28.4 Å². The molecule has 78 valence electrons. The van der Waals surface area contributed by atoms with Gasteiger partial charge in [0.05, 0.1) is 18.6 Å². The Bertz CT molecular complexity index is 399. The van der Waals surface area contributed by atoms with Crippen LogP contribution in [0.4, 0.5) is 0 Å². The van der Waals surface area contributed by atoms with Gasteiger partial charge in [0, 0.05) is 5.92 Å². The van der Waals surface area contributed by atoms with E-state index in [9.17, 15) is 0 Å². The molecule has 1 heterocycles. The van der Waals surface area contributed by atoms with Gasteiger partial charge in [-0.3, -0.25) is 0 Å². The lowest BCUT2D eigenvalue weighted by molar-refractivity contribution is 0.272. The van der Waals surface area contributed by atoms with Gasteiger partial charge in [-0.1, -0.05) is 0 Å². The van der Waals surface area contributed by atoms with Crippen molar-refractivity contribution >= 4 is 23.2 Å². The molecule has 1 aromatic heterocycles. The van der Waals surface area contributed by atoms with Crippen molar-refractivity contribution in [1.29, 1.82) is 5.26 Å². The van der Waals surface area contributed by atoms with Gasteiger partial charge >= 0.3 is 6.01 Å². The Balaban J connectivity index is 1.92. The van der Waals surface area contributed by atoms with Crippen molar-refractivity contribution in [3.8, 4) is 12.1 Å². The van der Waals surface area contributed by atoms with Crippen molar-refractivity contribution in [1.82, 2.24) is 15.0 Å². The monoisotopic (exact) mass is 244 g/mol. The minimum absolute atomic E-state index is 0.00219. The fourth-order valence-corrected chi connectivity index (χ4v) is 1.49. The Hall–Kier alpha value is -1.12. The van der Waals surface area contributed by atoms with Crippen LogP contribution >= 0.6 is 23.2 Å². The second kappa shape index (κ2) is 4.17. The smallest absolute Gasteiger partial charge is 0.322 e. The SMILES string of the molecule is N#C[C@H]1CC1COc1nc(Cl)nc(Cl)n1. The third kappa shape index (κ3) is 2.67. The molecule has 1 aliphatic carbocycles. The number of hydrogen-bond donors (Lipinski definition) is 0. The number of nitrogens with zero attached hydrogens (tertiary/aromatic N) is 4. The summed E-state index contributed by atoms with van der Waals surface area (Å²) in [4.78, 5) is 11.1. The highest BCUT2D eigenvalue weighted by Crippen LogP contribution is 2.37. The topological polar surface area (TPSA) is 71.7 Å². The van der Waals surface area contributed by atoms with Gasteiger partial charge in [-0.2, -0.15) is 20.2 Å². The largest absolute Gasteiger partial charge is 0.463 e. The third-order valence-electron chi connectivity index (χ3n) is 2.08. The fraction of sp³-hybridized carbons (Fsp3) is 0.500. The minimum Gasteiger partial charge on any atom is -0.463 e. The Morgan fingerprint density at radius 2 is 2.00 bits per heavy atom. The normalized spacial score (nSPS) is 23.3. The maximum absolute atomic E-state index is 8.57. The molecule has 0 spiro atoms. The van der Waals surface area contributed by atoms with Crippen molar-refractivity contribution in [2.45, 2.75) is 6.42 Å². The van der Waals surface area contributed by atoms with Crippen LogP contribution in [0.3, 0.4) is 0 Å². The molecule has 0 aliphatic heterocycles. The summed E-state index contributed by atoms with van der Waals surface area (Å²) in [6.07, 6.45) is 0.864. The van der Waals surface area contributed by atoms with Crippen LogP contribution in [0, 0.1) is 23.2 Å². The van der Waals surface area contributed by atoms with Gasteiger partial charge in [0.2, 0.25) is 10.6 Å². The predicted molar refractivity (Wildman–Crippen MR) is 52.6 cm³/mol. The van der Waals surface area contributed by atoms with Crippen molar-refractivity contribution in [2.24, 2.45) is 11.8 Å². The van der Waals surface area contributed by atoms with Crippen LogP contribution in [0.1, 0.15) is 6.42 Å². The Morgan fingerprint density at radius 3 is 2.53 bits per heavy atom. The van der Waals surface area contributed by atoms with E-state index in [2.05, 4.69) is 21.0 Å². The molecule has 0 radical (unpaired) electrons. The summed E-state index contributed by atoms with van der Waals surface area (Å²) in [5.74, 6) is 0.363. The van der Waals surface area contributed by atoms with Crippen LogP contribution in [-0.2, 0) is 0 Å². The Kier molecular flexibility index (Phi) is 2.89. The first-order valence-electron chi connectivity index (χ1n) is 4.28. The number of hydrogen-bond acceptors (Lipinski definition) is 5. The highest BCUT2D eigenvalue weighted by molar-refractivity contribution is 6.31. The Labute approximate surface area is 96.0 Å². The first-order valence-corrected chi connectivity index (χ1v) is 5.04. The average molecular weight is 245 g/mol. The first kappa shape index (κ1) is 10.4. The molecule has 0 saturated heterocycles. The second-order valence-corrected chi connectivity index (χ2v) is 3.87. The van der Waals surface area contributed by atoms with Gasteiger partial charge in [-0.15, -0.1) is 0 Å². The Morgan fingerprint density at radius 1 is 1.33 bits per heavy atom. The van der Waals surface area contributed by atoms with E-state index in [1.165, 1.54) is 0 Å². The maximum Gasteiger partial charge on any atom is 0.322 e. The van der Waals surface area contributed by atoms with Crippen molar-refractivity contribution in [3.63, 3.8) is 0 Å². The summed E-state index contributed by atoms with van der Waals surface area (Å²) in [6.45, 7) is 0.412. The van der Waals surface area contributed by atoms with Gasteiger partial charge in [-0.05, 0) is 29.6 Å². The van der Waals surface area contributed by atoms with E-state index in [1.807, 2.05) is 0 Å². The van der Waals surface area contributed by atoms with E-state index < -0.39 is 0 Å². The number of rotatable bonds is 3. The summed E-state index contributed by atoms with van der Waals surface area (Å²) in [5, 5.41) is 8.57. The summed E-state index contributed by atoms with van der Waals surface area (Å²) in [5.41, 5.74) is 0. The molecule has 1 unspecified atom stereocenters. The van der Waals surface area contributed by atoms with Crippen LogP contribution < -0.4 is 4.74 Å². The summed E-state index contributed by atoms with van der Waals surface area (Å²) < 4.78 is 5.24. The molecule has 2 rings (SSSR count). The van der Waals surface area contributed by atoms with E-state index in [1.54, 1.807) is 0 Å². The van der Waals surface area contributed by atoms with E-state index >= 15 is 0 Å². The van der Waals surface area contributed by atoms with Crippen molar-refractivity contribution < 1.29 is 4.74 Å². The first-order chi connectivity index (χ1) is 7.19. The highest BCUT2D eigenvalue weighted by atomic mass is 35.5. The van der Waals surface area contributed by atoms with E-state index in [0.29, 0.717) is 6.61 Å². The molecular weight excluding hydrogens is 239 g/mol. The molecule has 1 saturated carbocycles. The number of nitriles is 1. The average Bonchev–Trinajstić information content (AvgIpc) is 2.91. The predicted octanol–water partition coefficient (Wildman–Crippen LogP) is 1.72. The van der Waals surface area contributed by atoms with Gasteiger partial charge < -0.3 is 4.74 Å². The lowest BCUT2D eigenvalue weighted by Crippen LogP contribution is -2.05. The molecule has 2 atom stereocenters. The van der Waals surface area contributed by atoms with Gasteiger partial charge in [0.25, 0.3) is 0 Å². The van der Waals surface area contributed by atoms with E-state index in [0.717, 1.165) is 6.42 Å². The molecule has 1 aliphatic rings. The van der Waals surface area contributed by atoms with E-state index in [4.69, 9.17) is 33.2 Å². The molecule has 1 fully saturated rings. The molecule has 0 N–H and O–H groups in total. The van der Waals surface area contributed by atoms with Gasteiger partial charge in [-0.25, -0.2) is 0 Å². The molecule has 1 aromatic rings. The molecule has 0 amide bonds. The maximum atomic E-state index is 8.57.